The van der Waals surface area contributed by atoms with Gasteiger partial charge in [-0.1, -0.05) is 33.1 Å². The van der Waals surface area contributed by atoms with Crippen LogP contribution in [-0.2, 0) is 4.79 Å². The van der Waals surface area contributed by atoms with Gasteiger partial charge in [0.1, 0.15) is 5.78 Å². The Hall–Kier alpha value is -0.370. The molecule has 1 aliphatic carbocycles. The fourth-order valence-electron chi connectivity index (χ4n) is 2.63. The van der Waals surface area contributed by atoms with Crippen LogP contribution < -0.4 is 0 Å². The van der Waals surface area contributed by atoms with Gasteiger partial charge >= 0.3 is 0 Å². The van der Waals surface area contributed by atoms with E-state index < -0.39 is 11.5 Å². The predicted molar refractivity (Wildman–Crippen MR) is 57.0 cm³/mol. The second-order valence-corrected chi connectivity index (χ2v) is 4.91. The maximum atomic E-state index is 12.1. The molecule has 0 radical (unpaired) electrons. The van der Waals surface area contributed by atoms with E-state index in [1.165, 1.54) is 6.42 Å². The van der Waals surface area contributed by atoms with Crippen molar-refractivity contribution in [3.05, 3.63) is 0 Å². The Morgan fingerprint density at radius 2 is 1.64 bits per heavy atom. The maximum Gasteiger partial charge on any atom is 0.144 e. The molecule has 82 valence electrons. The first kappa shape index (κ1) is 11.7. The number of carbonyl (C=O) groups excluding carboxylic acids is 1. The zero-order valence-electron chi connectivity index (χ0n) is 9.55. The van der Waals surface area contributed by atoms with E-state index in [0.29, 0.717) is 0 Å². The van der Waals surface area contributed by atoms with Crippen LogP contribution in [-0.4, -0.2) is 17.0 Å². The van der Waals surface area contributed by atoms with Gasteiger partial charge in [0.2, 0.25) is 0 Å². The monoisotopic (exact) mass is 198 g/mol. The number of hydrogen-bond acceptors (Lipinski definition) is 2. The van der Waals surface area contributed by atoms with E-state index in [1.807, 2.05) is 13.8 Å². The summed E-state index contributed by atoms with van der Waals surface area (Å²) in [6, 6.07) is 0. The van der Waals surface area contributed by atoms with E-state index in [-0.39, 0.29) is 11.7 Å². The third kappa shape index (κ3) is 2.00. The Labute approximate surface area is 86.7 Å². The first-order valence-electron chi connectivity index (χ1n) is 5.73. The molecule has 0 spiro atoms. The summed E-state index contributed by atoms with van der Waals surface area (Å²) in [5, 5.41) is 9.83. The van der Waals surface area contributed by atoms with Crippen LogP contribution in [0.25, 0.3) is 0 Å². The van der Waals surface area contributed by atoms with Gasteiger partial charge in [-0.15, -0.1) is 0 Å². The number of Topliss-reactive ketones (excluding diaryl/α,β-unsaturated/α-hetero) is 1. The number of ketones is 1. The Balaban J connectivity index is 2.85. The standard InChI is InChI=1S/C12H22O2/c1-9(2)11(14)12(10(3)13)7-5-4-6-8-12/h9-10,13H,4-8H2,1-3H3. The van der Waals surface area contributed by atoms with Crippen molar-refractivity contribution in [3.63, 3.8) is 0 Å². The van der Waals surface area contributed by atoms with Crippen LogP contribution in [0.4, 0.5) is 0 Å². The summed E-state index contributed by atoms with van der Waals surface area (Å²) in [7, 11) is 0. The Kier molecular flexibility index (Phi) is 3.71. The highest BCUT2D eigenvalue weighted by Gasteiger charge is 2.43. The van der Waals surface area contributed by atoms with Gasteiger partial charge in [-0.2, -0.15) is 0 Å². The van der Waals surface area contributed by atoms with Gasteiger partial charge in [-0.25, -0.2) is 0 Å². The molecule has 1 fully saturated rings. The Morgan fingerprint density at radius 1 is 1.14 bits per heavy atom. The van der Waals surface area contributed by atoms with Crippen LogP contribution in [0.1, 0.15) is 52.9 Å². The molecule has 14 heavy (non-hydrogen) atoms. The Bertz CT molecular complexity index is 200. The zero-order chi connectivity index (χ0) is 10.8. The molecule has 1 N–H and O–H groups in total. The average Bonchev–Trinajstić information content (AvgIpc) is 2.17. The normalized spacial score (nSPS) is 23.5. The van der Waals surface area contributed by atoms with Gasteiger partial charge in [-0.05, 0) is 19.8 Å². The number of rotatable bonds is 3. The summed E-state index contributed by atoms with van der Waals surface area (Å²) in [6.45, 7) is 5.63. The highest BCUT2D eigenvalue weighted by Crippen LogP contribution is 2.41. The summed E-state index contributed by atoms with van der Waals surface area (Å²) >= 11 is 0. The lowest BCUT2D eigenvalue weighted by Crippen LogP contribution is -2.44. The fraction of sp³-hybridized carbons (Fsp3) is 0.917. The minimum Gasteiger partial charge on any atom is -0.392 e. The lowest BCUT2D eigenvalue weighted by molar-refractivity contribution is -0.141. The summed E-state index contributed by atoms with van der Waals surface area (Å²) in [4.78, 5) is 12.1. The van der Waals surface area contributed by atoms with Crippen molar-refractivity contribution in [2.24, 2.45) is 11.3 Å². The molecule has 1 atom stereocenters. The van der Waals surface area contributed by atoms with Crippen molar-refractivity contribution in [2.75, 3.05) is 0 Å². The molecule has 0 aromatic heterocycles. The highest BCUT2D eigenvalue weighted by atomic mass is 16.3. The molecule has 0 aromatic carbocycles. The van der Waals surface area contributed by atoms with Crippen molar-refractivity contribution in [2.45, 2.75) is 59.0 Å². The summed E-state index contributed by atoms with van der Waals surface area (Å²) in [5.74, 6) is 0.301. The minimum absolute atomic E-state index is 0.0442. The molecule has 0 heterocycles. The van der Waals surface area contributed by atoms with Crippen molar-refractivity contribution in [1.29, 1.82) is 0 Å². The van der Waals surface area contributed by atoms with Crippen LogP contribution in [0.5, 0.6) is 0 Å². The third-order valence-electron chi connectivity index (χ3n) is 3.56. The van der Waals surface area contributed by atoms with Crippen molar-refractivity contribution < 1.29 is 9.90 Å². The molecular formula is C12H22O2. The second-order valence-electron chi connectivity index (χ2n) is 4.91. The van der Waals surface area contributed by atoms with Crippen molar-refractivity contribution in [3.8, 4) is 0 Å². The van der Waals surface area contributed by atoms with E-state index >= 15 is 0 Å². The molecule has 2 heteroatoms. The molecule has 0 aromatic rings. The highest BCUT2D eigenvalue weighted by molar-refractivity contribution is 5.87. The number of aliphatic hydroxyl groups excluding tert-OH is 1. The molecule has 0 amide bonds. The van der Waals surface area contributed by atoms with Crippen molar-refractivity contribution in [1.82, 2.24) is 0 Å². The van der Waals surface area contributed by atoms with Gasteiger partial charge < -0.3 is 5.11 Å². The van der Waals surface area contributed by atoms with Gasteiger partial charge in [0, 0.05) is 5.92 Å². The lowest BCUT2D eigenvalue weighted by atomic mass is 9.65. The number of hydrogen-bond donors (Lipinski definition) is 1. The largest absolute Gasteiger partial charge is 0.392 e. The SMILES string of the molecule is CC(C)C(=O)C1(C(C)O)CCCCC1. The predicted octanol–water partition coefficient (Wildman–Crippen LogP) is 2.54. The smallest absolute Gasteiger partial charge is 0.144 e. The van der Waals surface area contributed by atoms with Crippen molar-refractivity contribution >= 4 is 5.78 Å². The first-order valence-corrected chi connectivity index (χ1v) is 5.73. The van der Waals surface area contributed by atoms with Crippen LogP contribution in [0.2, 0.25) is 0 Å². The third-order valence-corrected chi connectivity index (χ3v) is 3.56. The van der Waals surface area contributed by atoms with Gasteiger partial charge in [0.25, 0.3) is 0 Å². The number of aliphatic hydroxyl groups is 1. The van der Waals surface area contributed by atoms with Gasteiger partial charge in [0.15, 0.2) is 0 Å². The average molecular weight is 198 g/mol. The molecule has 0 aliphatic heterocycles. The summed E-state index contributed by atoms with van der Waals surface area (Å²) in [5.41, 5.74) is -0.424. The summed E-state index contributed by atoms with van der Waals surface area (Å²) < 4.78 is 0. The molecule has 2 nitrogen and oxygen atoms in total. The quantitative estimate of drug-likeness (QED) is 0.756. The van der Waals surface area contributed by atoms with E-state index in [1.54, 1.807) is 6.92 Å². The molecular weight excluding hydrogens is 176 g/mol. The molecule has 0 saturated heterocycles. The lowest BCUT2D eigenvalue weighted by Gasteiger charge is -2.39. The van der Waals surface area contributed by atoms with Gasteiger partial charge in [-0.3, -0.25) is 4.79 Å². The fourth-order valence-corrected chi connectivity index (χ4v) is 2.63. The van der Waals surface area contributed by atoms with Crippen LogP contribution >= 0.6 is 0 Å². The van der Waals surface area contributed by atoms with Crippen LogP contribution in [0, 0.1) is 11.3 Å². The zero-order valence-corrected chi connectivity index (χ0v) is 9.55. The second kappa shape index (κ2) is 4.43. The van der Waals surface area contributed by atoms with Crippen LogP contribution in [0.3, 0.4) is 0 Å². The molecule has 0 bridgehead atoms. The van der Waals surface area contributed by atoms with E-state index in [4.69, 9.17) is 0 Å². The molecule has 1 aliphatic rings. The van der Waals surface area contributed by atoms with E-state index in [0.717, 1.165) is 25.7 Å². The topological polar surface area (TPSA) is 37.3 Å². The minimum atomic E-state index is -0.488. The molecule has 1 rings (SSSR count). The van der Waals surface area contributed by atoms with E-state index in [2.05, 4.69) is 0 Å². The number of carbonyl (C=O) groups is 1. The molecule has 1 unspecified atom stereocenters. The Morgan fingerprint density at radius 3 is 2.00 bits per heavy atom. The molecule has 1 saturated carbocycles. The van der Waals surface area contributed by atoms with E-state index in [9.17, 15) is 9.90 Å². The van der Waals surface area contributed by atoms with Crippen LogP contribution in [0.15, 0.2) is 0 Å². The summed E-state index contributed by atoms with van der Waals surface area (Å²) in [6.07, 6.45) is 4.65. The first-order chi connectivity index (χ1) is 6.50. The maximum absolute atomic E-state index is 12.1. The van der Waals surface area contributed by atoms with Gasteiger partial charge in [0.05, 0.1) is 11.5 Å².